The summed E-state index contributed by atoms with van der Waals surface area (Å²) in [6.07, 6.45) is 0. The highest BCUT2D eigenvalue weighted by Gasteiger charge is 2.18. The van der Waals surface area contributed by atoms with Crippen LogP contribution in [0.3, 0.4) is 0 Å². The number of aryl methyl sites for hydroxylation is 2. The number of aromatic nitrogens is 1. The summed E-state index contributed by atoms with van der Waals surface area (Å²) in [5.74, 6) is 1.28. The van der Waals surface area contributed by atoms with Gasteiger partial charge in [-0.05, 0) is 31.2 Å². The maximum Gasteiger partial charge on any atom is 0.263 e. The Bertz CT molecular complexity index is 1060. The molecule has 0 saturated carbocycles. The summed E-state index contributed by atoms with van der Waals surface area (Å²) in [5.41, 5.74) is 2.05. The molecule has 25 heavy (non-hydrogen) atoms. The average molecular weight is 353 g/mol. The summed E-state index contributed by atoms with van der Waals surface area (Å²) < 4.78 is 32.9. The standard InChI is InChI=1S/C18H15N3O3S/c1-12-18(20-13(2)24-12)14-7-9-16(10-8-14)21-25(22,23)17-6-4-3-5-15(17)11-19/h3-10,21H,1-2H3. The lowest BCUT2D eigenvalue weighted by molar-refractivity contribution is 0.495. The van der Waals surface area contributed by atoms with Crippen molar-refractivity contribution in [3.8, 4) is 17.3 Å². The first-order valence-electron chi connectivity index (χ1n) is 7.47. The van der Waals surface area contributed by atoms with Gasteiger partial charge in [0.25, 0.3) is 10.0 Å². The van der Waals surface area contributed by atoms with Gasteiger partial charge in [-0.15, -0.1) is 0 Å². The molecule has 1 aromatic heterocycles. The van der Waals surface area contributed by atoms with Gasteiger partial charge in [0.05, 0.1) is 5.56 Å². The van der Waals surface area contributed by atoms with Crippen LogP contribution in [-0.4, -0.2) is 13.4 Å². The molecule has 3 rings (SSSR count). The summed E-state index contributed by atoms with van der Waals surface area (Å²) in [4.78, 5) is 4.26. The fourth-order valence-electron chi connectivity index (χ4n) is 2.50. The summed E-state index contributed by atoms with van der Waals surface area (Å²) in [5, 5.41) is 9.08. The zero-order valence-corrected chi connectivity index (χ0v) is 14.5. The highest BCUT2D eigenvalue weighted by atomic mass is 32.2. The molecule has 7 heteroatoms. The van der Waals surface area contributed by atoms with E-state index >= 15 is 0 Å². The second kappa shape index (κ2) is 6.42. The quantitative estimate of drug-likeness (QED) is 0.772. The maximum absolute atomic E-state index is 12.5. The molecule has 0 aliphatic carbocycles. The fourth-order valence-corrected chi connectivity index (χ4v) is 3.71. The van der Waals surface area contributed by atoms with Gasteiger partial charge < -0.3 is 4.42 Å². The molecule has 0 fully saturated rings. The molecule has 126 valence electrons. The number of hydrogen-bond donors (Lipinski definition) is 1. The van der Waals surface area contributed by atoms with Crippen molar-refractivity contribution in [3.05, 3.63) is 65.7 Å². The van der Waals surface area contributed by atoms with Crippen LogP contribution in [-0.2, 0) is 10.0 Å². The molecule has 0 amide bonds. The Morgan fingerprint density at radius 2 is 1.76 bits per heavy atom. The predicted octanol–water partition coefficient (Wildman–Crippen LogP) is 3.63. The summed E-state index contributed by atoms with van der Waals surface area (Å²) in [7, 11) is -3.84. The van der Waals surface area contributed by atoms with Crippen molar-refractivity contribution < 1.29 is 12.8 Å². The van der Waals surface area contributed by atoms with Crippen molar-refractivity contribution in [3.63, 3.8) is 0 Å². The summed E-state index contributed by atoms with van der Waals surface area (Å²) in [6.45, 7) is 3.59. The van der Waals surface area contributed by atoms with Gasteiger partial charge in [-0.3, -0.25) is 4.72 Å². The van der Waals surface area contributed by atoms with Crippen LogP contribution in [0, 0.1) is 25.2 Å². The minimum Gasteiger partial charge on any atom is -0.446 e. The lowest BCUT2D eigenvalue weighted by atomic mass is 10.1. The van der Waals surface area contributed by atoms with E-state index in [4.69, 9.17) is 9.68 Å². The number of benzene rings is 2. The van der Waals surface area contributed by atoms with Gasteiger partial charge >= 0.3 is 0 Å². The highest BCUT2D eigenvalue weighted by Crippen LogP contribution is 2.26. The Kier molecular flexibility index (Phi) is 4.30. The van der Waals surface area contributed by atoms with Crippen LogP contribution in [0.4, 0.5) is 5.69 Å². The molecule has 1 heterocycles. The molecule has 1 N–H and O–H groups in total. The van der Waals surface area contributed by atoms with Gasteiger partial charge in [0.1, 0.15) is 22.4 Å². The second-order valence-corrected chi connectivity index (χ2v) is 7.08. The van der Waals surface area contributed by atoms with E-state index in [0.717, 1.165) is 11.3 Å². The lowest BCUT2D eigenvalue weighted by Gasteiger charge is -2.09. The third-order valence-electron chi connectivity index (χ3n) is 3.61. The molecule has 0 aliphatic heterocycles. The number of nitrogens with one attached hydrogen (secondary N) is 1. The average Bonchev–Trinajstić information content (AvgIpc) is 2.93. The van der Waals surface area contributed by atoms with E-state index < -0.39 is 10.0 Å². The van der Waals surface area contributed by atoms with Crippen molar-refractivity contribution in [1.29, 1.82) is 5.26 Å². The van der Waals surface area contributed by atoms with E-state index in [-0.39, 0.29) is 10.5 Å². The summed E-state index contributed by atoms with van der Waals surface area (Å²) >= 11 is 0. The smallest absolute Gasteiger partial charge is 0.263 e. The van der Waals surface area contributed by atoms with E-state index in [1.807, 2.05) is 13.0 Å². The number of nitrogens with zero attached hydrogens (tertiary/aromatic N) is 2. The predicted molar refractivity (Wildman–Crippen MR) is 93.4 cm³/mol. The number of sulfonamides is 1. The molecule has 0 aliphatic rings. The van der Waals surface area contributed by atoms with Crippen molar-refractivity contribution in [2.75, 3.05) is 4.72 Å². The third-order valence-corrected chi connectivity index (χ3v) is 5.05. The molecule has 0 unspecified atom stereocenters. The Hall–Kier alpha value is -3.11. The van der Waals surface area contributed by atoms with E-state index in [1.54, 1.807) is 43.3 Å². The molecule has 0 atom stereocenters. The first-order chi connectivity index (χ1) is 11.9. The van der Waals surface area contributed by atoms with Crippen molar-refractivity contribution in [2.45, 2.75) is 18.7 Å². The van der Waals surface area contributed by atoms with Crippen molar-refractivity contribution in [2.24, 2.45) is 0 Å². The minimum atomic E-state index is -3.84. The molecular weight excluding hydrogens is 338 g/mol. The monoisotopic (exact) mass is 353 g/mol. The van der Waals surface area contributed by atoms with Crippen LogP contribution in [0.1, 0.15) is 17.2 Å². The van der Waals surface area contributed by atoms with Crippen LogP contribution in [0.5, 0.6) is 0 Å². The van der Waals surface area contributed by atoms with Crippen LogP contribution in [0.2, 0.25) is 0 Å². The molecule has 2 aromatic carbocycles. The Morgan fingerprint density at radius 3 is 2.36 bits per heavy atom. The first-order valence-corrected chi connectivity index (χ1v) is 8.95. The Labute approximate surface area is 145 Å². The zero-order valence-electron chi connectivity index (χ0n) is 13.6. The first kappa shape index (κ1) is 16.7. The third kappa shape index (κ3) is 3.39. The number of nitriles is 1. The van der Waals surface area contributed by atoms with Gasteiger partial charge in [0.15, 0.2) is 5.89 Å². The van der Waals surface area contributed by atoms with Crippen LogP contribution in [0.15, 0.2) is 57.8 Å². The highest BCUT2D eigenvalue weighted by molar-refractivity contribution is 7.92. The SMILES string of the molecule is Cc1nc(-c2ccc(NS(=O)(=O)c3ccccc3C#N)cc2)c(C)o1. The molecule has 0 saturated heterocycles. The molecule has 6 nitrogen and oxygen atoms in total. The Morgan fingerprint density at radius 1 is 1.08 bits per heavy atom. The normalized spacial score (nSPS) is 11.1. The molecular formula is C18H15N3O3S. The minimum absolute atomic E-state index is 0.0513. The number of rotatable bonds is 4. The molecule has 0 bridgehead atoms. The molecule has 3 aromatic rings. The van der Waals surface area contributed by atoms with Gasteiger partial charge in [-0.2, -0.15) is 5.26 Å². The van der Waals surface area contributed by atoms with Gasteiger partial charge in [-0.1, -0.05) is 24.3 Å². The number of anilines is 1. The summed E-state index contributed by atoms with van der Waals surface area (Å²) in [6, 6.07) is 14.8. The van der Waals surface area contributed by atoms with Gasteiger partial charge in [-0.25, -0.2) is 13.4 Å². The zero-order chi connectivity index (χ0) is 18.0. The van der Waals surface area contributed by atoms with E-state index in [9.17, 15) is 8.42 Å². The maximum atomic E-state index is 12.5. The van der Waals surface area contributed by atoms with E-state index in [2.05, 4.69) is 9.71 Å². The number of oxazole rings is 1. The van der Waals surface area contributed by atoms with E-state index in [1.165, 1.54) is 12.1 Å². The Balaban J connectivity index is 1.89. The fraction of sp³-hybridized carbons (Fsp3) is 0.111. The van der Waals surface area contributed by atoms with Gasteiger partial charge in [0.2, 0.25) is 0 Å². The van der Waals surface area contributed by atoms with Crippen LogP contribution in [0.25, 0.3) is 11.3 Å². The van der Waals surface area contributed by atoms with Gasteiger partial charge in [0, 0.05) is 18.2 Å². The van der Waals surface area contributed by atoms with Crippen LogP contribution >= 0.6 is 0 Å². The topological polar surface area (TPSA) is 96.0 Å². The van der Waals surface area contributed by atoms with Crippen molar-refractivity contribution >= 4 is 15.7 Å². The van der Waals surface area contributed by atoms with Crippen LogP contribution < -0.4 is 4.72 Å². The number of hydrogen-bond acceptors (Lipinski definition) is 5. The van der Waals surface area contributed by atoms with Crippen molar-refractivity contribution in [1.82, 2.24) is 4.98 Å². The van der Waals surface area contributed by atoms with E-state index in [0.29, 0.717) is 17.3 Å². The second-order valence-electron chi connectivity index (χ2n) is 5.43. The molecule has 0 radical (unpaired) electrons. The largest absolute Gasteiger partial charge is 0.446 e. The lowest BCUT2D eigenvalue weighted by Crippen LogP contribution is -2.14. The molecule has 0 spiro atoms.